The third kappa shape index (κ3) is 5.32. The summed E-state index contributed by atoms with van der Waals surface area (Å²) in [4.78, 5) is 37.6. The van der Waals surface area contributed by atoms with Gasteiger partial charge in [-0.15, -0.1) is 0 Å². The van der Waals surface area contributed by atoms with Crippen molar-refractivity contribution in [2.45, 2.75) is 13.5 Å². The Kier molecular flexibility index (Phi) is 6.74. The Morgan fingerprint density at radius 3 is 2.26 bits per heavy atom. The highest BCUT2D eigenvalue weighted by molar-refractivity contribution is 6.10. The van der Waals surface area contributed by atoms with Gasteiger partial charge in [-0.3, -0.25) is 9.59 Å². The molecule has 1 aliphatic heterocycles. The van der Waals surface area contributed by atoms with E-state index in [1.165, 1.54) is 19.1 Å². The number of anilines is 1. The van der Waals surface area contributed by atoms with Crippen LogP contribution in [-0.4, -0.2) is 27.8 Å². The molecule has 0 aliphatic carbocycles. The van der Waals surface area contributed by atoms with Crippen LogP contribution in [0.25, 0.3) is 23.1 Å². The van der Waals surface area contributed by atoms with Crippen molar-refractivity contribution in [3.8, 4) is 11.3 Å². The Morgan fingerprint density at radius 1 is 0.895 bits per heavy atom. The van der Waals surface area contributed by atoms with Crippen LogP contribution < -0.4 is 5.32 Å². The number of carbonyl (C=O) groups excluding carboxylic acids is 2. The second kappa shape index (κ2) is 10.4. The van der Waals surface area contributed by atoms with Crippen LogP contribution in [0.15, 0.2) is 107 Å². The molecule has 7 nitrogen and oxygen atoms in total. The van der Waals surface area contributed by atoms with Crippen molar-refractivity contribution in [1.82, 2.24) is 4.90 Å². The fourth-order valence-corrected chi connectivity index (χ4v) is 4.26. The Bertz CT molecular complexity index is 1560. The number of hydrogen-bond acceptors (Lipinski definition) is 4. The zero-order valence-electron chi connectivity index (χ0n) is 20.5. The summed E-state index contributed by atoms with van der Waals surface area (Å²) < 4.78 is 6.01. The first-order valence-corrected chi connectivity index (χ1v) is 12.0. The molecular formula is C31H24N2O5. The van der Waals surface area contributed by atoms with Gasteiger partial charge in [0, 0.05) is 23.7 Å². The number of aromatic carboxylic acids is 1. The molecule has 3 aromatic carbocycles. The minimum absolute atomic E-state index is 0.139. The zero-order chi connectivity index (χ0) is 26.6. The number of carboxylic acids is 1. The lowest BCUT2D eigenvalue weighted by molar-refractivity contribution is -0.123. The van der Waals surface area contributed by atoms with Gasteiger partial charge >= 0.3 is 5.97 Å². The molecule has 7 heteroatoms. The third-order valence-electron chi connectivity index (χ3n) is 6.10. The first kappa shape index (κ1) is 24.5. The standard InChI is InChI=1S/C31H24N2O5/c1-20(34)32-26-13-11-23(12-14-26)29-16-15-27(38-29)17-25-18-28(22-5-3-2-4-6-22)33(30(25)35)19-21-7-9-24(10-8-21)31(36)37/h2-18H,19H2,1H3,(H,32,34)(H,36,37). The normalized spacial score (nSPS) is 14.0. The maximum absolute atomic E-state index is 13.5. The fourth-order valence-electron chi connectivity index (χ4n) is 4.26. The van der Waals surface area contributed by atoms with E-state index in [-0.39, 0.29) is 17.4 Å². The molecule has 0 saturated carbocycles. The number of carboxylic acid groups (broad SMARTS) is 1. The van der Waals surface area contributed by atoms with Gasteiger partial charge in [-0.25, -0.2) is 4.79 Å². The summed E-state index contributed by atoms with van der Waals surface area (Å²) >= 11 is 0. The molecule has 0 unspecified atom stereocenters. The Labute approximate surface area is 219 Å². The van der Waals surface area contributed by atoms with Crippen molar-refractivity contribution in [3.63, 3.8) is 0 Å². The van der Waals surface area contributed by atoms with Crippen LogP contribution >= 0.6 is 0 Å². The molecule has 0 saturated heterocycles. The van der Waals surface area contributed by atoms with E-state index in [1.54, 1.807) is 41.3 Å². The van der Waals surface area contributed by atoms with E-state index >= 15 is 0 Å². The lowest BCUT2D eigenvalue weighted by atomic mass is 10.1. The molecule has 2 N–H and O–H groups in total. The molecule has 0 radical (unpaired) electrons. The van der Waals surface area contributed by atoms with Gasteiger partial charge in [0.25, 0.3) is 5.91 Å². The second-order valence-corrected chi connectivity index (χ2v) is 8.85. The summed E-state index contributed by atoms with van der Waals surface area (Å²) in [6, 6.07) is 27.1. The van der Waals surface area contributed by atoms with E-state index in [9.17, 15) is 19.5 Å². The average Bonchev–Trinajstić information content (AvgIpc) is 3.50. The predicted molar refractivity (Wildman–Crippen MR) is 145 cm³/mol. The molecule has 0 fully saturated rings. The van der Waals surface area contributed by atoms with Gasteiger partial charge in [0.05, 0.1) is 17.8 Å². The lowest BCUT2D eigenvalue weighted by Gasteiger charge is -2.21. The summed E-state index contributed by atoms with van der Waals surface area (Å²) in [5, 5.41) is 11.9. The van der Waals surface area contributed by atoms with Gasteiger partial charge < -0.3 is 19.7 Å². The van der Waals surface area contributed by atoms with E-state index < -0.39 is 5.97 Å². The largest absolute Gasteiger partial charge is 0.478 e. The van der Waals surface area contributed by atoms with Crippen LogP contribution in [0.1, 0.15) is 34.2 Å². The van der Waals surface area contributed by atoms with Crippen molar-refractivity contribution in [3.05, 3.63) is 125 Å². The number of carbonyl (C=O) groups is 3. The Balaban J connectivity index is 1.42. The highest BCUT2D eigenvalue weighted by Gasteiger charge is 2.29. The molecule has 188 valence electrons. The summed E-state index contributed by atoms with van der Waals surface area (Å²) in [5.74, 6) is -0.140. The second-order valence-electron chi connectivity index (χ2n) is 8.85. The van der Waals surface area contributed by atoms with Gasteiger partial charge in [0.15, 0.2) is 0 Å². The van der Waals surface area contributed by atoms with E-state index in [2.05, 4.69) is 5.32 Å². The minimum Gasteiger partial charge on any atom is -0.478 e. The fraction of sp³-hybridized carbons (Fsp3) is 0.0645. The summed E-state index contributed by atoms with van der Waals surface area (Å²) in [6.07, 6.45) is 3.56. The van der Waals surface area contributed by atoms with Crippen molar-refractivity contribution in [2.24, 2.45) is 0 Å². The van der Waals surface area contributed by atoms with E-state index in [0.29, 0.717) is 29.3 Å². The Hall–Kier alpha value is -5.17. The zero-order valence-corrected chi connectivity index (χ0v) is 20.5. The lowest BCUT2D eigenvalue weighted by Crippen LogP contribution is -2.25. The van der Waals surface area contributed by atoms with Gasteiger partial charge in [-0.05, 0) is 71.8 Å². The molecular weight excluding hydrogens is 480 g/mol. The van der Waals surface area contributed by atoms with Gasteiger partial charge in [-0.2, -0.15) is 0 Å². The van der Waals surface area contributed by atoms with Crippen molar-refractivity contribution >= 4 is 35.2 Å². The first-order chi connectivity index (χ1) is 18.4. The first-order valence-electron chi connectivity index (χ1n) is 12.0. The molecule has 2 heterocycles. The van der Waals surface area contributed by atoms with Gasteiger partial charge in [0.2, 0.25) is 5.91 Å². The van der Waals surface area contributed by atoms with E-state index in [1.807, 2.05) is 54.6 Å². The SMILES string of the molecule is CC(=O)Nc1ccc(-c2ccc(C=C3C=C(c4ccccc4)N(Cc4ccc(C(=O)O)cc4)C3=O)o2)cc1. The predicted octanol–water partition coefficient (Wildman–Crippen LogP) is 6.07. The number of nitrogens with zero attached hydrogens (tertiary/aromatic N) is 1. The third-order valence-corrected chi connectivity index (χ3v) is 6.10. The van der Waals surface area contributed by atoms with Crippen LogP contribution in [0.5, 0.6) is 0 Å². The number of nitrogens with one attached hydrogen (secondary N) is 1. The highest BCUT2D eigenvalue weighted by Crippen LogP contribution is 2.33. The molecule has 1 aromatic heterocycles. The monoisotopic (exact) mass is 504 g/mol. The Morgan fingerprint density at radius 2 is 1.61 bits per heavy atom. The van der Waals surface area contributed by atoms with Gasteiger partial charge in [0.1, 0.15) is 11.5 Å². The topological polar surface area (TPSA) is 99.9 Å². The molecule has 4 aromatic rings. The smallest absolute Gasteiger partial charge is 0.335 e. The van der Waals surface area contributed by atoms with Gasteiger partial charge in [-0.1, -0.05) is 42.5 Å². The summed E-state index contributed by atoms with van der Waals surface area (Å²) in [7, 11) is 0. The minimum atomic E-state index is -0.995. The van der Waals surface area contributed by atoms with Crippen LogP contribution in [0, 0.1) is 0 Å². The quantitative estimate of drug-likeness (QED) is 0.298. The van der Waals surface area contributed by atoms with Crippen molar-refractivity contribution in [2.75, 3.05) is 5.32 Å². The molecule has 0 bridgehead atoms. The van der Waals surface area contributed by atoms with Crippen LogP contribution in [0.2, 0.25) is 0 Å². The number of hydrogen-bond donors (Lipinski definition) is 2. The molecule has 0 atom stereocenters. The number of amides is 2. The maximum atomic E-state index is 13.5. The average molecular weight is 505 g/mol. The summed E-state index contributed by atoms with van der Waals surface area (Å²) in [6.45, 7) is 1.75. The van der Waals surface area contributed by atoms with E-state index in [0.717, 1.165) is 22.4 Å². The molecule has 5 rings (SSSR count). The van der Waals surface area contributed by atoms with Crippen LogP contribution in [0.4, 0.5) is 5.69 Å². The molecule has 1 aliphatic rings. The molecule has 2 amide bonds. The number of rotatable bonds is 7. The maximum Gasteiger partial charge on any atom is 0.335 e. The van der Waals surface area contributed by atoms with Crippen molar-refractivity contribution in [1.29, 1.82) is 0 Å². The molecule has 0 spiro atoms. The molecule has 38 heavy (non-hydrogen) atoms. The van der Waals surface area contributed by atoms with Crippen molar-refractivity contribution < 1.29 is 23.9 Å². The van der Waals surface area contributed by atoms with E-state index in [4.69, 9.17) is 4.42 Å². The highest BCUT2D eigenvalue weighted by atomic mass is 16.4. The number of furan rings is 1. The summed E-state index contributed by atoms with van der Waals surface area (Å²) in [5.41, 5.74) is 4.67. The van der Waals surface area contributed by atoms with Crippen LogP contribution in [-0.2, 0) is 16.1 Å². The van der Waals surface area contributed by atoms with Crippen LogP contribution in [0.3, 0.4) is 0 Å². The number of benzene rings is 3.